The lowest BCUT2D eigenvalue weighted by Gasteiger charge is -2.11. The molecule has 0 radical (unpaired) electrons. The number of fused-ring (bicyclic) bond motifs is 2. The molecule has 0 atom stereocenters. The van der Waals surface area contributed by atoms with Gasteiger partial charge in [0.15, 0.2) is 5.69 Å². The van der Waals surface area contributed by atoms with Gasteiger partial charge in [0.2, 0.25) is 17.3 Å². The molecule has 0 unspecified atom stereocenters. The lowest BCUT2D eigenvalue weighted by molar-refractivity contribution is -0.749. The highest BCUT2D eigenvalue weighted by Crippen LogP contribution is 2.24. The smallest absolute Gasteiger partial charge is 0.220 e. The summed E-state index contributed by atoms with van der Waals surface area (Å²) >= 11 is 0. The van der Waals surface area contributed by atoms with Crippen LogP contribution in [0.25, 0.3) is 0 Å². The molecule has 0 bridgehead atoms. The van der Waals surface area contributed by atoms with Crippen LogP contribution in [0.5, 0.6) is 0 Å². The fourth-order valence-electron chi connectivity index (χ4n) is 2.19. The summed E-state index contributed by atoms with van der Waals surface area (Å²) in [7, 11) is 0. The van der Waals surface area contributed by atoms with E-state index >= 15 is 0 Å². The Labute approximate surface area is 102 Å². The predicted molar refractivity (Wildman–Crippen MR) is 60.2 cm³/mol. The fourth-order valence-corrected chi connectivity index (χ4v) is 2.19. The summed E-state index contributed by atoms with van der Waals surface area (Å²) in [6.45, 7) is 2.00. The van der Waals surface area contributed by atoms with Gasteiger partial charge in [-0.15, -0.1) is 4.68 Å². The van der Waals surface area contributed by atoms with Crippen LogP contribution in [0.15, 0.2) is 24.3 Å². The van der Waals surface area contributed by atoms with Crippen LogP contribution in [0, 0.1) is 5.21 Å². The van der Waals surface area contributed by atoms with Crippen molar-refractivity contribution in [3.63, 3.8) is 0 Å². The van der Waals surface area contributed by atoms with Crippen LogP contribution in [0.3, 0.4) is 0 Å². The van der Waals surface area contributed by atoms with E-state index in [0.29, 0.717) is 16.1 Å². The van der Waals surface area contributed by atoms with Crippen molar-refractivity contribution in [1.29, 1.82) is 0 Å². The Morgan fingerprint density at radius 1 is 1.22 bits per heavy atom. The molecule has 6 heteroatoms. The molecule has 1 aliphatic rings. The number of ketones is 2. The summed E-state index contributed by atoms with van der Waals surface area (Å²) in [4.78, 5) is 24.7. The van der Waals surface area contributed by atoms with E-state index in [1.54, 1.807) is 31.2 Å². The zero-order valence-electron chi connectivity index (χ0n) is 9.58. The molecule has 1 aromatic heterocycles. The van der Waals surface area contributed by atoms with Crippen molar-refractivity contribution in [3.05, 3.63) is 52.0 Å². The van der Waals surface area contributed by atoms with Crippen LogP contribution >= 0.6 is 0 Å². The van der Waals surface area contributed by atoms with Crippen LogP contribution < -0.4 is 4.96 Å². The number of hydrogen-bond donors (Lipinski definition) is 0. The largest absolute Gasteiger partial charge is 0.571 e. The van der Waals surface area contributed by atoms with Gasteiger partial charge in [0.25, 0.3) is 0 Å². The molecular weight excluding hydrogens is 234 g/mol. The first-order valence-electron chi connectivity index (χ1n) is 5.54. The highest BCUT2D eigenvalue weighted by atomic mass is 16.5. The molecule has 6 nitrogen and oxygen atoms in total. The molecule has 0 spiro atoms. The van der Waals surface area contributed by atoms with Crippen LogP contribution in [0.1, 0.15) is 39.0 Å². The van der Waals surface area contributed by atoms with Gasteiger partial charge in [0.05, 0.1) is 6.54 Å². The molecule has 0 amide bonds. The fraction of sp³-hybridized carbons (Fsp3) is 0.167. The maximum absolute atomic E-state index is 12.3. The first-order chi connectivity index (χ1) is 8.65. The Morgan fingerprint density at radius 2 is 1.83 bits per heavy atom. The van der Waals surface area contributed by atoms with Crippen molar-refractivity contribution in [2.45, 2.75) is 13.5 Å². The Bertz CT molecular complexity index is 688. The number of hydrogen-bond acceptors (Lipinski definition) is 4. The van der Waals surface area contributed by atoms with Crippen LogP contribution in [-0.4, -0.2) is 21.3 Å². The minimum absolute atomic E-state index is 0.0597. The average Bonchev–Trinajstić information content (AvgIpc) is 2.73. The number of carbonyl (C=O) groups excluding carboxylic acids is 2. The summed E-state index contributed by atoms with van der Waals surface area (Å²) in [6.07, 6.45) is 0. The van der Waals surface area contributed by atoms with Gasteiger partial charge in [-0.25, -0.2) is 0 Å². The quantitative estimate of drug-likeness (QED) is 0.455. The molecule has 1 aromatic carbocycles. The number of carbonyl (C=O) groups is 2. The van der Waals surface area contributed by atoms with Gasteiger partial charge in [0.1, 0.15) is 0 Å². The Balaban J connectivity index is 2.34. The van der Waals surface area contributed by atoms with Crippen molar-refractivity contribution < 1.29 is 14.5 Å². The minimum Gasteiger partial charge on any atom is -0.571 e. The van der Waals surface area contributed by atoms with E-state index in [-0.39, 0.29) is 29.5 Å². The van der Waals surface area contributed by atoms with Gasteiger partial charge in [-0.1, -0.05) is 24.3 Å². The van der Waals surface area contributed by atoms with Gasteiger partial charge in [-0.3, -0.25) is 9.59 Å². The third-order valence-corrected chi connectivity index (χ3v) is 3.02. The highest BCUT2D eigenvalue weighted by molar-refractivity contribution is 6.26. The van der Waals surface area contributed by atoms with E-state index in [4.69, 9.17) is 0 Å². The van der Waals surface area contributed by atoms with E-state index in [9.17, 15) is 14.8 Å². The summed E-state index contributed by atoms with van der Waals surface area (Å²) < 4.78 is 1.16. The molecule has 3 rings (SSSR count). The second-order valence-corrected chi connectivity index (χ2v) is 3.97. The number of rotatable bonds is 1. The van der Waals surface area contributed by atoms with Crippen LogP contribution in [-0.2, 0) is 6.54 Å². The van der Waals surface area contributed by atoms with Gasteiger partial charge < -0.3 is 5.21 Å². The topological polar surface area (TPSA) is 78.9 Å². The van der Waals surface area contributed by atoms with Crippen molar-refractivity contribution in [3.8, 4) is 0 Å². The molecular formula is C12H9N3O3. The third kappa shape index (κ3) is 1.17. The first kappa shape index (κ1) is 10.6. The SMILES string of the molecule is CCn1c2c(n[n+]1[O-])C(=O)c1ccccc1C2=O. The summed E-state index contributed by atoms with van der Waals surface area (Å²) in [5, 5.41) is 15.1. The van der Waals surface area contributed by atoms with E-state index in [1.807, 2.05) is 0 Å². The lowest BCUT2D eigenvalue weighted by atomic mass is 9.90. The van der Waals surface area contributed by atoms with Gasteiger partial charge in [0, 0.05) is 21.2 Å². The Kier molecular flexibility index (Phi) is 2.07. The van der Waals surface area contributed by atoms with Crippen molar-refractivity contribution in [2.24, 2.45) is 0 Å². The molecule has 0 saturated heterocycles. The Morgan fingerprint density at radius 3 is 2.44 bits per heavy atom. The molecule has 0 aliphatic heterocycles. The second kappa shape index (κ2) is 3.49. The zero-order chi connectivity index (χ0) is 12.9. The van der Waals surface area contributed by atoms with Crippen molar-refractivity contribution in [1.82, 2.24) is 9.78 Å². The summed E-state index contributed by atoms with van der Waals surface area (Å²) in [5.41, 5.74) is 0.647. The van der Waals surface area contributed by atoms with Crippen LogP contribution in [0.2, 0.25) is 0 Å². The number of aromatic nitrogens is 3. The molecule has 0 fully saturated rings. The molecule has 1 heterocycles. The highest BCUT2D eigenvalue weighted by Gasteiger charge is 2.38. The first-order valence-corrected chi connectivity index (χ1v) is 5.54. The van der Waals surface area contributed by atoms with Gasteiger partial charge in [-0.2, -0.15) is 0 Å². The molecule has 2 aromatic rings. The molecule has 90 valence electrons. The summed E-state index contributed by atoms with van der Waals surface area (Å²) in [5.74, 6) is -0.707. The van der Waals surface area contributed by atoms with E-state index < -0.39 is 0 Å². The maximum Gasteiger partial charge on any atom is 0.220 e. The average molecular weight is 243 g/mol. The van der Waals surface area contributed by atoms with Gasteiger partial charge in [-0.05, 0) is 6.92 Å². The van der Waals surface area contributed by atoms with Crippen molar-refractivity contribution in [2.75, 3.05) is 0 Å². The van der Waals surface area contributed by atoms with E-state index in [1.165, 1.54) is 0 Å². The molecule has 0 N–H and O–H groups in total. The standard InChI is InChI=1S/C12H9N3O3/c1-2-14-10-9(13-15(14)18)11(16)7-5-3-4-6-8(7)12(10)17/h3-6H,2H2,1H3. The zero-order valence-corrected chi connectivity index (χ0v) is 9.58. The third-order valence-electron chi connectivity index (χ3n) is 3.02. The number of nitrogens with zero attached hydrogens (tertiary/aromatic N) is 3. The Hall–Kier alpha value is -2.50. The minimum atomic E-state index is -0.378. The normalized spacial score (nSPS) is 13.4. The monoisotopic (exact) mass is 243 g/mol. The maximum atomic E-state index is 12.3. The van der Waals surface area contributed by atoms with Crippen molar-refractivity contribution >= 4 is 11.6 Å². The lowest BCUT2D eigenvalue weighted by Crippen LogP contribution is -2.40. The second-order valence-electron chi connectivity index (χ2n) is 3.97. The van der Waals surface area contributed by atoms with E-state index in [0.717, 1.165) is 4.68 Å². The molecule has 0 saturated carbocycles. The van der Waals surface area contributed by atoms with E-state index in [2.05, 4.69) is 5.10 Å². The molecule has 1 aliphatic carbocycles. The van der Waals surface area contributed by atoms with Crippen LogP contribution in [0.4, 0.5) is 0 Å². The summed E-state index contributed by atoms with van der Waals surface area (Å²) in [6, 6.07) is 6.52. The van der Waals surface area contributed by atoms with Gasteiger partial charge >= 0.3 is 0 Å². The molecule has 18 heavy (non-hydrogen) atoms. The number of benzene rings is 1. The predicted octanol–water partition coefficient (Wildman–Crippen LogP) is 0.312.